The van der Waals surface area contributed by atoms with E-state index in [9.17, 15) is 5.26 Å². The van der Waals surface area contributed by atoms with Crippen LogP contribution >= 0.6 is 0 Å². The third-order valence-corrected chi connectivity index (χ3v) is 4.94. The molecule has 2 aromatic heterocycles. The molecule has 0 aliphatic carbocycles. The lowest BCUT2D eigenvalue weighted by atomic mass is 10.1. The predicted octanol–water partition coefficient (Wildman–Crippen LogP) is 4.96. The number of imidazole rings is 1. The molecule has 0 aliphatic heterocycles. The maximum absolute atomic E-state index is 9.18. The van der Waals surface area contributed by atoms with Gasteiger partial charge >= 0.3 is 0 Å². The largest absolute Gasteiger partial charge is 0.497 e. The molecular formula is C24H17N5O. The second kappa shape index (κ2) is 7.22. The Morgan fingerprint density at radius 3 is 2.67 bits per heavy atom. The molecule has 0 unspecified atom stereocenters. The fraction of sp³-hybridized carbons (Fsp3) is 0.0417. The second-order valence-corrected chi connectivity index (χ2v) is 6.83. The Labute approximate surface area is 173 Å². The summed E-state index contributed by atoms with van der Waals surface area (Å²) >= 11 is 0. The molecule has 0 atom stereocenters. The van der Waals surface area contributed by atoms with Crippen molar-refractivity contribution in [1.82, 2.24) is 19.7 Å². The van der Waals surface area contributed by atoms with Gasteiger partial charge in [-0.3, -0.25) is 0 Å². The number of ether oxygens (including phenoxy) is 1. The van der Waals surface area contributed by atoms with Gasteiger partial charge in [0.2, 0.25) is 0 Å². The van der Waals surface area contributed by atoms with Crippen molar-refractivity contribution in [1.29, 1.82) is 5.26 Å². The minimum atomic E-state index is 0.589. The van der Waals surface area contributed by atoms with Crippen LogP contribution in [0, 0.1) is 11.3 Å². The van der Waals surface area contributed by atoms with Gasteiger partial charge in [-0.15, -0.1) is 0 Å². The van der Waals surface area contributed by atoms with Crippen molar-refractivity contribution in [2.75, 3.05) is 7.11 Å². The summed E-state index contributed by atoms with van der Waals surface area (Å²) in [7, 11) is 1.65. The second-order valence-electron chi connectivity index (χ2n) is 6.83. The van der Waals surface area contributed by atoms with Gasteiger partial charge in [0.25, 0.3) is 0 Å². The van der Waals surface area contributed by atoms with Gasteiger partial charge in [0.05, 0.1) is 41.0 Å². The summed E-state index contributed by atoms with van der Waals surface area (Å²) in [6.45, 7) is 0. The maximum atomic E-state index is 9.18. The highest BCUT2D eigenvalue weighted by Gasteiger charge is 2.18. The van der Waals surface area contributed by atoms with Crippen molar-refractivity contribution in [3.8, 4) is 40.2 Å². The number of methoxy groups -OCH3 is 1. The average molecular weight is 391 g/mol. The Morgan fingerprint density at radius 2 is 1.87 bits per heavy atom. The van der Waals surface area contributed by atoms with Gasteiger partial charge in [-0.25, -0.2) is 9.67 Å². The summed E-state index contributed by atoms with van der Waals surface area (Å²) in [6, 6.07) is 25.3. The van der Waals surface area contributed by atoms with Crippen LogP contribution in [0.25, 0.3) is 39.4 Å². The molecule has 6 heteroatoms. The molecule has 6 nitrogen and oxygen atoms in total. The van der Waals surface area contributed by atoms with Crippen molar-refractivity contribution in [2.24, 2.45) is 0 Å². The summed E-state index contributed by atoms with van der Waals surface area (Å²) in [6.07, 6.45) is 1.97. The number of nitrogens with one attached hydrogen (secondary N) is 1. The third kappa shape index (κ3) is 3.09. The number of rotatable bonds is 4. The molecular weight excluding hydrogens is 374 g/mol. The predicted molar refractivity (Wildman–Crippen MR) is 115 cm³/mol. The first-order valence-electron chi connectivity index (χ1n) is 9.45. The van der Waals surface area contributed by atoms with Crippen LogP contribution in [0.4, 0.5) is 0 Å². The number of aromatic nitrogens is 4. The van der Waals surface area contributed by atoms with Gasteiger partial charge in [-0.2, -0.15) is 10.4 Å². The van der Waals surface area contributed by atoms with Crippen molar-refractivity contribution < 1.29 is 4.74 Å². The molecule has 0 bridgehead atoms. The van der Waals surface area contributed by atoms with Crippen LogP contribution in [0.2, 0.25) is 0 Å². The number of hydrogen-bond acceptors (Lipinski definition) is 4. The van der Waals surface area contributed by atoms with E-state index in [4.69, 9.17) is 14.8 Å². The number of nitriles is 1. The summed E-state index contributed by atoms with van der Waals surface area (Å²) < 4.78 is 7.24. The molecule has 0 saturated heterocycles. The number of hydrogen-bond donors (Lipinski definition) is 1. The molecule has 0 saturated carbocycles. The molecule has 3 aromatic carbocycles. The van der Waals surface area contributed by atoms with Crippen molar-refractivity contribution in [2.45, 2.75) is 0 Å². The van der Waals surface area contributed by atoms with Crippen LogP contribution in [0.1, 0.15) is 5.56 Å². The van der Waals surface area contributed by atoms with Crippen LogP contribution in [-0.2, 0) is 0 Å². The zero-order valence-electron chi connectivity index (χ0n) is 16.2. The standard InChI is InChI=1S/C24H17N5O/c1-30-19-9-5-6-17(13-19)23-20(15-29(28-23)18-7-3-2-4-8-18)24-26-21-11-10-16(14-25)12-22(21)27-24/h2-13,15H,1H3,(H,26,27). The highest BCUT2D eigenvalue weighted by Crippen LogP contribution is 2.33. The summed E-state index contributed by atoms with van der Waals surface area (Å²) in [4.78, 5) is 8.09. The van der Waals surface area contributed by atoms with Gasteiger partial charge in [-0.1, -0.05) is 30.3 Å². The van der Waals surface area contributed by atoms with Crippen LogP contribution < -0.4 is 4.74 Å². The molecule has 5 aromatic rings. The van der Waals surface area contributed by atoms with Crippen LogP contribution in [0.5, 0.6) is 5.75 Å². The number of benzene rings is 3. The fourth-order valence-electron chi connectivity index (χ4n) is 3.45. The molecule has 0 amide bonds. The number of nitrogens with zero attached hydrogens (tertiary/aromatic N) is 4. The SMILES string of the molecule is COc1cccc(-c2nn(-c3ccccc3)cc2-c2nc3ccc(C#N)cc3[nH]2)c1. The Hall–Kier alpha value is -4.37. The zero-order valence-corrected chi connectivity index (χ0v) is 16.2. The highest BCUT2D eigenvalue weighted by molar-refractivity contribution is 5.85. The van der Waals surface area contributed by atoms with Crippen molar-refractivity contribution in [3.05, 3.63) is 84.6 Å². The molecule has 30 heavy (non-hydrogen) atoms. The lowest BCUT2D eigenvalue weighted by Crippen LogP contribution is -1.94. The number of para-hydroxylation sites is 1. The van der Waals surface area contributed by atoms with Gasteiger partial charge in [0, 0.05) is 11.8 Å². The first kappa shape index (κ1) is 17.7. The molecule has 5 rings (SSSR count). The lowest BCUT2D eigenvalue weighted by Gasteiger charge is -2.04. The summed E-state index contributed by atoms with van der Waals surface area (Å²) in [5.74, 6) is 1.45. The summed E-state index contributed by atoms with van der Waals surface area (Å²) in [5.41, 5.74) is 5.74. The lowest BCUT2D eigenvalue weighted by molar-refractivity contribution is 0.415. The van der Waals surface area contributed by atoms with Crippen molar-refractivity contribution in [3.63, 3.8) is 0 Å². The van der Waals surface area contributed by atoms with Crippen LogP contribution in [0.15, 0.2) is 79.0 Å². The minimum absolute atomic E-state index is 0.589. The quantitative estimate of drug-likeness (QED) is 0.469. The van der Waals surface area contributed by atoms with Gasteiger partial charge in [0.1, 0.15) is 17.3 Å². The Bertz CT molecular complexity index is 1390. The van der Waals surface area contributed by atoms with E-state index in [1.54, 1.807) is 19.2 Å². The smallest absolute Gasteiger partial charge is 0.142 e. The van der Waals surface area contributed by atoms with Crippen LogP contribution in [-0.4, -0.2) is 26.9 Å². The highest BCUT2D eigenvalue weighted by atomic mass is 16.5. The normalized spacial score (nSPS) is 10.8. The van der Waals surface area contributed by atoms with E-state index in [2.05, 4.69) is 11.1 Å². The number of H-pyrrole nitrogens is 1. The van der Waals surface area contributed by atoms with E-state index in [1.165, 1.54) is 0 Å². The Morgan fingerprint density at radius 1 is 1.00 bits per heavy atom. The molecule has 2 heterocycles. The molecule has 0 fully saturated rings. The average Bonchev–Trinajstić information content (AvgIpc) is 3.43. The number of fused-ring (bicyclic) bond motifs is 1. The van der Waals surface area contributed by atoms with E-state index >= 15 is 0 Å². The van der Waals surface area contributed by atoms with Gasteiger partial charge in [-0.05, 0) is 42.5 Å². The monoisotopic (exact) mass is 391 g/mol. The molecule has 0 spiro atoms. The minimum Gasteiger partial charge on any atom is -0.497 e. The molecule has 1 N–H and O–H groups in total. The molecule has 0 aliphatic rings. The molecule has 0 radical (unpaired) electrons. The van der Waals surface area contributed by atoms with Gasteiger partial charge in [0.15, 0.2) is 0 Å². The van der Waals surface area contributed by atoms with Crippen molar-refractivity contribution >= 4 is 11.0 Å². The maximum Gasteiger partial charge on any atom is 0.142 e. The zero-order chi connectivity index (χ0) is 20.5. The van der Waals surface area contributed by atoms with E-state index in [0.29, 0.717) is 11.4 Å². The summed E-state index contributed by atoms with van der Waals surface area (Å²) in [5, 5.41) is 14.0. The van der Waals surface area contributed by atoms with E-state index in [-0.39, 0.29) is 0 Å². The Kier molecular flexibility index (Phi) is 4.26. The first-order valence-corrected chi connectivity index (χ1v) is 9.45. The fourth-order valence-corrected chi connectivity index (χ4v) is 3.45. The van der Waals surface area contributed by atoms with Crippen LogP contribution in [0.3, 0.4) is 0 Å². The van der Waals surface area contributed by atoms with E-state index in [0.717, 1.165) is 39.3 Å². The topological polar surface area (TPSA) is 79.5 Å². The van der Waals surface area contributed by atoms with E-state index in [1.807, 2.05) is 71.5 Å². The molecule has 144 valence electrons. The first-order chi connectivity index (χ1) is 14.7. The van der Waals surface area contributed by atoms with Gasteiger partial charge < -0.3 is 9.72 Å². The van der Waals surface area contributed by atoms with E-state index < -0.39 is 0 Å². The number of aromatic amines is 1. The third-order valence-electron chi connectivity index (χ3n) is 4.94. The Balaban J connectivity index is 1.72.